The molecule has 0 bridgehead atoms. The van der Waals surface area contributed by atoms with Crippen molar-refractivity contribution in [1.29, 1.82) is 0 Å². The second-order valence-electron chi connectivity index (χ2n) is 6.95. The topological polar surface area (TPSA) is 75.3 Å². The lowest BCUT2D eigenvalue weighted by Crippen LogP contribution is -2.51. The van der Waals surface area contributed by atoms with Crippen LogP contribution >= 0.6 is 0 Å². The average molecular weight is 399 g/mol. The number of amides is 2. The van der Waals surface area contributed by atoms with Gasteiger partial charge in [0.1, 0.15) is 6.04 Å². The van der Waals surface area contributed by atoms with E-state index in [1.807, 2.05) is 73.0 Å². The maximum atomic E-state index is 13.0. The van der Waals surface area contributed by atoms with Gasteiger partial charge in [-0.25, -0.2) is 0 Å². The van der Waals surface area contributed by atoms with Gasteiger partial charge < -0.3 is 10.6 Å². The molecule has 0 aliphatic rings. The minimum absolute atomic E-state index is 0.308. The second kappa shape index (κ2) is 10.7. The van der Waals surface area contributed by atoms with Crippen LogP contribution < -0.4 is 10.6 Å². The molecule has 0 saturated carbocycles. The highest BCUT2D eigenvalue weighted by molar-refractivity contribution is 5.97. The lowest BCUT2D eigenvalue weighted by Gasteiger charge is -2.21. The monoisotopic (exact) mass is 399 g/mol. The molecule has 0 spiro atoms. The standard InChI is InChI=1S/C25H23N2O3/c28-18-22(16-19-10-4-1-5-11-19)26-25(30)23(17-20-12-6-2-7-13-20)27-24(29)21-14-8-3-9-15-21/h1-15,22-23H,16-17H2,(H,26,30)(H,27,29)/t22-,23-/m0/s1. The minimum Gasteiger partial charge on any atom is -0.344 e. The van der Waals surface area contributed by atoms with Crippen molar-refractivity contribution in [2.45, 2.75) is 24.9 Å². The van der Waals surface area contributed by atoms with E-state index in [9.17, 15) is 14.4 Å². The zero-order chi connectivity index (χ0) is 21.2. The smallest absolute Gasteiger partial charge is 0.251 e. The van der Waals surface area contributed by atoms with E-state index in [1.165, 1.54) is 0 Å². The van der Waals surface area contributed by atoms with Crippen LogP contribution in [0.3, 0.4) is 0 Å². The lowest BCUT2D eigenvalue weighted by atomic mass is 10.0. The molecule has 0 aromatic heterocycles. The summed E-state index contributed by atoms with van der Waals surface area (Å²) in [7, 11) is 0. The summed E-state index contributed by atoms with van der Waals surface area (Å²) >= 11 is 0. The summed E-state index contributed by atoms with van der Waals surface area (Å²) in [5.41, 5.74) is 2.28. The molecule has 0 heterocycles. The van der Waals surface area contributed by atoms with Crippen molar-refractivity contribution in [2.24, 2.45) is 0 Å². The molecule has 3 rings (SSSR count). The fourth-order valence-corrected chi connectivity index (χ4v) is 3.13. The van der Waals surface area contributed by atoms with Gasteiger partial charge in [0.15, 0.2) is 0 Å². The highest BCUT2D eigenvalue weighted by Gasteiger charge is 2.24. The molecule has 0 aliphatic heterocycles. The van der Waals surface area contributed by atoms with Crippen LogP contribution in [0.2, 0.25) is 0 Å². The van der Waals surface area contributed by atoms with Crippen LogP contribution in [0.25, 0.3) is 0 Å². The van der Waals surface area contributed by atoms with Gasteiger partial charge in [-0.2, -0.15) is 0 Å². The van der Waals surface area contributed by atoms with Crippen LogP contribution in [-0.2, 0) is 22.4 Å². The first-order chi connectivity index (χ1) is 14.7. The van der Waals surface area contributed by atoms with Crippen molar-refractivity contribution < 1.29 is 14.4 Å². The Bertz CT molecular complexity index is 959. The molecule has 0 fully saturated rings. The van der Waals surface area contributed by atoms with Crippen LogP contribution in [0.15, 0.2) is 91.0 Å². The van der Waals surface area contributed by atoms with Crippen molar-refractivity contribution in [2.75, 3.05) is 0 Å². The molecule has 0 aliphatic carbocycles. The molecule has 1 radical (unpaired) electrons. The number of hydrogen-bond acceptors (Lipinski definition) is 3. The first-order valence-corrected chi connectivity index (χ1v) is 9.77. The number of carbonyl (C=O) groups excluding carboxylic acids is 3. The SMILES string of the molecule is O=[C][C@H](Cc1ccccc1)NC(=O)[C@H](Cc1ccccc1)NC(=O)c1ccccc1. The summed E-state index contributed by atoms with van der Waals surface area (Å²) in [6, 6.07) is 25.9. The average Bonchev–Trinajstić information content (AvgIpc) is 2.80. The predicted molar refractivity (Wildman–Crippen MR) is 116 cm³/mol. The number of rotatable bonds is 9. The van der Waals surface area contributed by atoms with E-state index in [-0.39, 0.29) is 5.91 Å². The molecule has 151 valence electrons. The first-order valence-electron chi connectivity index (χ1n) is 9.77. The molecule has 5 heteroatoms. The van der Waals surface area contributed by atoms with E-state index < -0.39 is 18.0 Å². The largest absolute Gasteiger partial charge is 0.344 e. The number of carbonyl (C=O) groups is 2. The fourth-order valence-electron chi connectivity index (χ4n) is 3.13. The van der Waals surface area contributed by atoms with Gasteiger partial charge in [-0.3, -0.25) is 14.4 Å². The molecular weight excluding hydrogens is 376 g/mol. The molecule has 30 heavy (non-hydrogen) atoms. The number of benzene rings is 3. The molecular formula is C25H23N2O3. The Morgan fingerprint density at radius 2 is 1.20 bits per heavy atom. The van der Waals surface area contributed by atoms with E-state index in [0.717, 1.165) is 11.1 Å². The summed E-state index contributed by atoms with van der Waals surface area (Å²) in [5, 5.41) is 5.51. The van der Waals surface area contributed by atoms with Gasteiger partial charge in [-0.15, -0.1) is 0 Å². The Morgan fingerprint density at radius 3 is 1.73 bits per heavy atom. The summed E-state index contributed by atoms with van der Waals surface area (Å²) in [5.74, 6) is -0.770. The minimum atomic E-state index is -0.827. The highest BCUT2D eigenvalue weighted by atomic mass is 16.2. The summed E-state index contributed by atoms with van der Waals surface area (Å²) in [6.45, 7) is 0. The van der Waals surface area contributed by atoms with Crippen molar-refractivity contribution >= 4 is 18.1 Å². The molecule has 5 nitrogen and oxygen atoms in total. The summed E-state index contributed by atoms with van der Waals surface area (Å²) < 4.78 is 0. The highest BCUT2D eigenvalue weighted by Crippen LogP contribution is 2.07. The normalized spacial score (nSPS) is 12.4. The van der Waals surface area contributed by atoms with Crippen LogP contribution in [0.4, 0.5) is 0 Å². The maximum absolute atomic E-state index is 13.0. The zero-order valence-electron chi connectivity index (χ0n) is 16.5. The Hall–Kier alpha value is -3.73. The third-order valence-corrected chi connectivity index (χ3v) is 4.68. The third kappa shape index (κ3) is 6.14. The van der Waals surface area contributed by atoms with Gasteiger partial charge in [0.05, 0.1) is 6.04 Å². The van der Waals surface area contributed by atoms with E-state index >= 15 is 0 Å². The Balaban J connectivity index is 1.73. The van der Waals surface area contributed by atoms with Crippen LogP contribution in [0, 0.1) is 0 Å². The predicted octanol–water partition coefficient (Wildman–Crippen LogP) is 2.86. The van der Waals surface area contributed by atoms with Crippen molar-refractivity contribution in [3.05, 3.63) is 108 Å². The first kappa shape index (κ1) is 21.0. The lowest BCUT2D eigenvalue weighted by molar-refractivity contribution is -0.123. The maximum Gasteiger partial charge on any atom is 0.251 e. The van der Waals surface area contributed by atoms with Crippen molar-refractivity contribution in [3.63, 3.8) is 0 Å². The van der Waals surface area contributed by atoms with E-state index in [4.69, 9.17) is 0 Å². The van der Waals surface area contributed by atoms with Crippen LogP contribution in [0.1, 0.15) is 21.5 Å². The Morgan fingerprint density at radius 1 is 0.700 bits per heavy atom. The molecule has 3 aromatic rings. The van der Waals surface area contributed by atoms with Gasteiger partial charge in [-0.05, 0) is 23.3 Å². The van der Waals surface area contributed by atoms with Crippen LogP contribution in [-0.4, -0.2) is 30.2 Å². The molecule has 0 unspecified atom stereocenters. The Kier molecular flexibility index (Phi) is 7.50. The number of nitrogens with one attached hydrogen (secondary N) is 2. The zero-order valence-corrected chi connectivity index (χ0v) is 16.5. The van der Waals surface area contributed by atoms with Crippen LogP contribution in [0.5, 0.6) is 0 Å². The van der Waals surface area contributed by atoms with Gasteiger partial charge in [0, 0.05) is 18.4 Å². The van der Waals surface area contributed by atoms with E-state index in [0.29, 0.717) is 18.4 Å². The quantitative estimate of drug-likeness (QED) is 0.581. The molecule has 2 amide bonds. The second-order valence-corrected chi connectivity index (χ2v) is 6.95. The van der Waals surface area contributed by atoms with E-state index in [1.54, 1.807) is 24.3 Å². The Labute approximate surface area is 176 Å². The third-order valence-electron chi connectivity index (χ3n) is 4.68. The van der Waals surface area contributed by atoms with Gasteiger partial charge in [-0.1, -0.05) is 78.9 Å². The fraction of sp³-hybridized carbons (Fsp3) is 0.160. The van der Waals surface area contributed by atoms with Gasteiger partial charge >= 0.3 is 0 Å². The molecule has 2 N–H and O–H groups in total. The summed E-state index contributed by atoms with van der Waals surface area (Å²) in [4.78, 5) is 37.0. The molecule has 2 atom stereocenters. The molecule has 0 saturated heterocycles. The van der Waals surface area contributed by atoms with Crippen molar-refractivity contribution in [3.8, 4) is 0 Å². The van der Waals surface area contributed by atoms with Gasteiger partial charge in [0.2, 0.25) is 12.2 Å². The summed E-state index contributed by atoms with van der Waals surface area (Å²) in [6.07, 6.45) is 2.53. The van der Waals surface area contributed by atoms with E-state index in [2.05, 4.69) is 10.6 Å². The van der Waals surface area contributed by atoms with Crippen molar-refractivity contribution in [1.82, 2.24) is 10.6 Å². The van der Waals surface area contributed by atoms with Gasteiger partial charge in [0.25, 0.3) is 5.91 Å². The number of hydrogen-bond donors (Lipinski definition) is 2. The molecule has 3 aromatic carbocycles.